The lowest BCUT2D eigenvalue weighted by molar-refractivity contribution is -0.138. The summed E-state index contributed by atoms with van der Waals surface area (Å²) in [6.45, 7) is 0. The van der Waals surface area contributed by atoms with E-state index in [4.69, 9.17) is 4.52 Å². The van der Waals surface area contributed by atoms with Gasteiger partial charge >= 0.3 is 6.18 Å². The van der Waals surface area contributed by atoms with Crippen molar-refractivity contribution in [3.63, 3.8) is 0 Å². The van der Waals surface area contributed by atoms with Crippen LogP contribution >= 0.6 is 0 Å². The van der Waals surface area contributed by atoms with Crippen molar-refractivity contribution in [3.05, 3.63) is 52.9 Å². The number of hydrogen-bond acceptors (Lipinski definition) is 3. The van der Waals surface area contributed by atoms with E-state index in [-0.39, 0.29) is 23.3 Å². The van der Waals surface area contributed by atoms with Gasteiger partial charge in [0.2, 0.25) is 0 Å². The third-order valence-corrected chi connectivity index (χ3v) is 2.48. The van der Waals surface area contributed by atoms with Crippen LogP contribution in [0.15, 0.2) is 35.0 Å². The summed E-state index contributed by atoms with van der Waals surface area (Å²) in [6, 6.07) is 5.15. The minimum atomic E-state index is -4.43. The molecule has 6 heteroatoms. The van der Waals surface area contributed by atoms with E-state index in [1.54, 1.807) is 0 Å². The number of hydrogen-bond donors (Lipinski definition) is 0. The lowest BCUT2D eigenvalue weighted by Gasteiger charge is -2.11. The maximum absolute atomic E-state index is 12.7. The number of halogens is 3. The van der Waals surface area contributed by atoms with Gasteiger partial charge in [0.25, 0.3) is 0 Å². The zero-order valence-electron chi connectivity index (χ0n) is 9.07. The van der Waals surface area contributed by atoms with E-state index in [2.05, 4.69) is 5.16 Å². The van der Waals surface area contributed by atoms with Gasteiger partial charge in [0.1, 0.15) is 0 Å². The predicted molar refractivity (Wildman–Crippen MR) is 56.1 cm³/mol. The smallest absolute Gasteiger partial charge is 0.360 e. The van der Waals surface area contributed by atoms with Gasteiger partial charge in [-0.05, 0) is 11.6 Å². The van der Waals surface area contributed by atoms with Crippen LogP contribution in [-0.2, 0) is 12.6 Å². The molecular weight excluding hydrogens is 247 g/mol. The van der Waals surface area contributed by atoms with Gasteiger partial charge in [-0.1, -0.05) is 23.4 Å². The molecule has 0 spiro atoms. The largest absolute Gasteiger partial charge is 0.416 e. The number of carbonyl (C=O) groups is 1. The molecule has 0 aliphatic rings. The Bertz CT molecular complexity index is 560. The Morgan fingerprint density at radius 2 is 2.00 bits per heavy atom. The van der Waals surface area contributed by atoms with Crippen molar-refractivity contribution >= 4 is 6.29 Å². The maximum Gasteiger partial charge on any atom is 0.416 e. The van der Waals surface area contributed by atoms with Crippen molar-refractivity contribution in [2.45, 2.75) is 12.6 Å². The van der Waals surface area contributed by atoms with Crippen LogP contribution in [0.5, 0.6) is 0 Å². The first kappa shape index (κ1) is 12.3. The van der Waals surface area contributed by atoms with E-state index >= 15 is 0 Å². The topological polar surface area (TPSA) is 43.1 Å². The summed E-state index contributed by atoms with van der Waals surface area (Å²) < 4.78 is 43.0. The van der Waals surface area contributed by atoms with Crippen LogP contribution in [0.3, 0.4) is 0 Å². The predicted octanol–water partition coefficient (Wildman–Crippen LogP) is 3.10. The van der Waals surface area contributed by atoms with Crippen LogP contribution < -0.4 is 0 Å². The SMILES string of the molecule is O=Cc1cnoc1Cc1ccccc1C(F)(F)F. The Labute approximate surface area is 100 Å². The number of benzene rings is 1. The Morgan fingerprint density at radius 3 is 2.67 bits per heavy atom. The quantitative estimate of drug-likeness (QED) is 0.791. The summed E-state index contributed by atoms with van der Waals surface area (Å²) in [4.78, 5) is 10.6. The molecule has 0 bridgehead atoms. The second-order valence-corrected chi connectivity index (χ2v) is 3.65. The number of alkyl halides is 3. The van der Waals surface area contributed by atoms with Crippen molar-refractivity contribution in [1.29, 1.82) is 0 Å². The van der Waals surface area contributed by atoms with Crippen LogP contribution in [0, 0.1) is 0 Å². The standard InChI is InChI=1S/C12H8F3NO2/c13-12(14,15)10-4-2-1-3-8(10)5-11-9(7-17)6-16-18-11/h1-4,6-7H,5H2. The lowest BCUT2D eigenvalue weighted by atomic mass is 10.0. The number of aldehydes is 1. The second-order valence-electron chi connectivity index (χ2n) is 3.65. The normalized spacial score (nSPS) is 11.5. The molecule has 0 unspecified atom stereocenters. The van der Waals surface area contributed by atoms with E-state index < -0.39 is 11.7 Å². The van der Waals surface area contributed by atoms with Gasteiger partial charge in [0.05, 0.1) is 17.3 Å². The molecule has 94 valence electrons. The molecule has 0 saturated carbocycles. The summed E-state index contributed by atoms with van der Waals surface area (Å²) in [5.74, 6) is 0.127. The first-order valence-electron chi connectivity index (χ1n) is 5.06. The van der Waals surface area contributed by atoms with Crippen LogP contribution in [0.2, 0.25) is 0 Å². The lowest BCUT2D eigenvalue weighted by Crippen LogP contribution is -2.09. The Morgan fingerprint density at radius 1 is 1.28 bits per heavy atom. The first-order chi connectivity index (χ1) is 8.52. The Kier molecular flexibility index (Phi) is 3.18. The van der Waals surface area contributed by atoms with E-state index in [0.29, 0.717) is 6.29 Å². The van der Waals surface area contributed by atoms with Gasteiger partial charge < -0.3 is 4.52 Å². The average Bonchev–Trinajstić information content (AvgIpc) is 2.75. The fraction of sp³-hybridized carbons (Fsp3) is 0.167. The van der Waals surface area contributed by atoms with Crippen LogP contribution in [-0.4, -0.2) is 11.4 Å². The molecule has 0 radical (unpaired) electrons. The summed E-state index contributed by atoms with van der Waals surface area (Å²) in [6.07, 6.45) is -2.87. The first-order valence-corrected chi connectivity index (χ1v) is 5.06. The van der Waals surface area contributed by atoms with Crippen molar-refractivity contribution in [2.24, 2.45) is 0 Å². The molecule has 0 fully saturated rings. The molecule has 1 heterocycles. The van der Waals surface area contributed by atoms with E-state index in [0.717, 1.165) is 6.07 Å². The van der Waals surface area contributed by atoms with E-state index in [9.17, 15) is 18.0 Å². The van der Waals surface area contributed by atoms with Gasteiger partial charge in [-0.2, -0.15) is 13.2 Å². The molecule has 2 aromatic rings. The monoisotopic (exact) mass is 255 g/mol. The molecule has 0 aliphatic carbocycles. The summed E-state index contributed by atoms with van der Waals surface area (Å²) in [7, 11) is 0. The van der Waals surface area contributed by atoms with Crippen LogP contribution in [0.4, 0.5) is 13.2 Å². The number of rotatable bonds is 3. The highest BCUT2D eigenvalue weighted by molar-refractivity contribution is 5.75. The highest BCUT2D eigenvalue weighted by Gasteiger charge is 2.33. The molecule has 1 aromatic heterocycles. The molecule has 0 aliphatic heterocycles. The van der Waals surface area contributed by atoms with Crippen LogP contribution in [0.25, 0.3) is 0 Å². The van der Waals surface area contributed by atoms with Gasteiger partial charge in [-0.3, -0.25) is 4.79 Å². The fourth-order valence-electron chi connectivity index (χ4n) is 1.63. The molecule has 0 N–H and O–H groups in total. The summed E-state index contributed by atoms with van der Waals surface area (Å²) in [5, 5.41) is 3.39. The zero-order valence-corrected chi connectivity index (χ0v) is 9.07. The third kappa shape index (κ3) is 2.42. The fourth-order valence-corrected chi connectivity index (χ4v) is 1.63. The van der Waals surface area contributed by atoms with Crippen molar-refractivity contribution in [1.82, 2.24) is 5.16 Å². The number of aromatic nitrogens is 1. The van der Waals surface area contributed by atoms with Gasteiger partial charge in [-0.25, -0.2) is 0 Å². The third-order valence-electron chi connectivity index (χ3n) is 2.48. The summed E-state index contributed by atoms with van der Waals surface area (Å²) in [5.41, 5.74) is -0.532. The van der Waals surface area contributed by atoms with Gasteiger partial charge in [0.15, 0.2) is 12.0 Å². The highest BCUT2D eigenvalue weighted by atomic mass is 19.4. The van der Waals surface area contributed by atoms with Crippen molar-refractivity contribution < 1.29 is 22.5 Å². The zero-order chi connectivity index (χ0) is 13.2. The maximum atomic E-state index is 12.7. The Balaban J connectivity index is 2.38. The molecule has 3 nitrogen and oxygen atoms in total. The summed E-state index contributed by atoms with van der Waals surface area (Å²) >= 11 is 0. The molecule has 18 heavy (non-hydrogen) atoms. The number of carbonyl (C=O) groups excluding carboxylic acids is 1. The highest BCUT2D eigenvalue weighted by Crippen LogP contribution is 2.32. The van der Waals surface area contributed by atoms with Gasteiger partial charge in [-0.15, -0.1) is 0 Å². The van der Waals surface area contributed by atoms with E-state index in [1.165, 1.54) is 24.4 Å². The minimum Gasteiger partial charge on any atom is -0.360 e. The van der Waals surface area contributed by atoms with Crippen LogP contribution in [0.1, 0.15) is 27.2 Å². The second kappa shape index (κ2) is 4.64. The molecule has 0 saturated heterocycles. The molecule has 1 aromatic carbocycles. The average molecular weight is 255 g/mol. The Hall–Kier alpha value is -2.11. The molecule has 2 rings (SSSR count). The van der Waals surface area contributed by atoms with E-state index in [1.807, 2.05) is 0 Å². The minimum absolute atomic E-state index is 0.0462. The molecule has 0 amide bonds. The molecule has 0 atom stereocenters. The van der Waals surface area contributed by atoms with Crippen molar-refractivity contribution in [2.75, 3.05) is 0 Å². The molecular formula is C12H8F3NO2. The van der Waals surface area contributed by atoms with Crippen molar-refractivity contribution in [3.8, 4) is 0 Å². The number of nitrogens with zero attached hydrogens (tertiary/aromatic N) is 1. The van der Waals surface area contributed by atoms with Gasteiger partial charge in [0, 0.05) is 6.42 Å².